The van der Waals surface area contributed by atoms with Gasteiger partial charge in [-0.1, -0.05) is 18.5 Å². The predicted octanol–water partition coefficient (Wildman–Crippen LogP) is 2.71. The van der Waals surface area contributed by atoms with E-state index < -0.39 is 0 Å². The highest BCUT2D eigenvalue weighted by Crippen LogP contribution is 2.14. The third-order valence-electron chi connectivity index (χ3n) is 1.88. The molecule has 0 saturated heterocycles. The summed E-state index contributed by atoms with van der Waals surface area (Å²) in [7, 11) is 0. The van der Waals surface area contributed by atoms with Crippen LogP contribution in [0.15, 0.2) is 18.3 Å². The van der Waals surface area contributed by atoms with Crippen LogP contribution in [-0.2, 0) is 5.75 Å². The normalized spacial score (nSPS) is 12.8. The lowest BCUT2D eigenvalue weighted by Gasteiger charge is -2.07. The van der Waals surface area contributed by atoms with Crippen molar-refractivity contribution in [1.82, 2.24) is 4.98 Å². The lowest BCUT2D eigenvalue weighted by molar-refractivity contribution is 0.724. The van der Waals surface area contributed by atoms with Crippen LogP contribution in [0, 0.1) is 0 Å². The summed E-state index contributed by atoms with van der Waals surface area (Å²) < 4.78 is 0. The van der Waals surface area contributed by atoms with Crippen LogP contribution in [0.1, 0.15) is 19.0 Å². The van der Waals surface area contributed by atoms with Crippen LogP contribution >= 0.6 is 23.4 Å². The maximum absolute atomic E-state index is 5.84. The molecule has 1 aromatic rings. The van der Waals surface area contributed by atoms with Crippen molar-refractivity contribution in [3.63, 3.8) is 0 Å². The molecule has 1 heterocycles. The SMILES string of the molecule is CCC(N)CSCc1cc(Cl)ccn1. The Morgan fingerprint density at radius 3 is 3.07 bits per heavy atom. The van der Waals surface area contributed by atoms with Crippen LogP contribution in [0.4, 0.5) is 0 Å². The van der Waals surface area contributed by atoms with Crippen LogP contribution in [-0.4, -0.2) is 16.8 Å². The number of nitrogens with zero attached hydrogens (tertiary/aromatic N) is 1. The molecule has 78 valence electrons. The molecule has 0 bridgehead atoms. The third-order valence-corrected chi connectivity index (χ3v) is 3.28. The zero-order valence-electron chi connectivity index (χ0n) is 8.24. The topological polar surface area (TPSA) is 38.9 Å². The van der Waals surface area contributed by atoms with Gasteiger partial charge in [-0.15, -0.1) is 0 Å². The van der Waals surface area contributed by atoms with E-state index in [1.807, 2.05) is 6.07 Å². The van der Waals surface area contributed by atoms with Gasteiger partial charge in [0.1, 0.15) is 0 Å². The summed E-state index contributed by atoms with van der Waals surface area (Å²) in [5, 5.41) is 0.746. The maximum Gasteiger partial charge on any atom is 0.0517 e. The molecule has 0 amide bonds. The molecule has 0 saturated carbocycles. The van der Waals surface area contributed by atoms with Gasteiger partial charge in [0.2, 0.25) is 0 Å². The number of hydrogen-bond acceptors (Lipinski definition) is 3. The summed E-state index contributed by atoms with van der Waals surface area (Å²) in [6.07, 6.45) is 2.76. The molecule has 0 aromatic carbocycles. The summed E-state index contributed by atoms with van der Waals surface area (Å²) >= 11 is 7.64. The zero-order chi connectivity index (χ0) is 10.4. The van der Waals surface area contributed by atoms with E-state index >= 15 is 0 Å². The zero-order valence-corrected chi connectivity index (χ0v) is 9.81. The molecule has 0 aliphatic rings. The molecule has 0 aliphatic heterocycles. The van der Waals surface area contributed by atoms with Gasteiger partial charge in [0.05, 0.1) is 5.69 Å². The van der Waals surface area contributed by atoms with E-state index in [1.165, 1.54) is 0 Å². The van der Waals surface area contributed by atoms with Crippen LogP contribution < -0.4 is 5.73 Å². The average Bonchev–Trinajstić information content (AvgIpc) is 2.17. The Hall–Kier alpha value is -0.250. The molecule has 4 heteroatoms. The first kappa shape index (κ1) is 11.8. The monoisotopic (exact) mass is 230 g/mol. The lowest BCUT2D eigenvalue weighted by Crippen LogP contribution is -2.21. The Morgan fingerprint density at radius 2 is 2.43 bits per heavy atom. The van der Waals surface area contributed by atoms with Crippen molar-refractivity contribution in [2.24, 2.45) is 5.73 Å². The molecular weight excluding hydrogens is 216 g/mol. The number of rotatable bonds is 5. The van der Waals surface area contributed by atoms with Gasteiger partial charge in [0.25, 0.3) is 0 Å². The van der Waals surface area contributed by atoms with E-state index in [9.17, 15) is 0 Å². The number of thioether (sulfide) groups is 1. The highest BCUT2D eigenvalue weighted by molar-refractivity contribution is 7.98. The van der Waals surface area contributed by atoms with E-state index in [-0.39, 0.29) is 0 Å². The smallest absolute Gasteiger partial charge is 0.0517 e. The van der Waals surface area contributed by atoms with E-state index in [4.69, 9.17) is 17.3 Å². The highest BCUT2D eigenvalue weighted by atomic mass is 35.5. The fraction of sp³-hybridized carbons (Fsp3) is 0.500. The molecule has 2 N–H and O–H groups in total. The molecule has 1 unspecified atom stereocenters. The highest BCUT2D eigenvalue weighted by Gasteiger charge is 2.00. The van der Waals surface area contributed by atoms with Crippen molar-refractivity contribution in [3.8, 4) is 0 Å². The average molecular weight is 231 g/mol. The Labute approximate surface area is 94.2 Å². The number of halogens is 1. The van der Waals surface area contributed by atoms with Gasteiger partial charge in [-0.25, -0.2) is 0 Å². The second-order valence-electron chi connectivity index (χ2n) is 3.15. The second-order valence-corrected chi connectivity index (χ2v) is 4.62. The van der Waals surface area contributed by atoms with E-state index in [0.717, 1.165) is 28.6 Å². The third kappa shape index (κ3) is 4.31. The molecule has 0 fully saturated rings. The van der Waals surface area contributed by atoms with Gasteiger partial charge in [-0.2, -0.15) is 11.8 Å². The number of hydrogen-bond donors (Lipinski definition) is 1. The number of pyridine rings is 1. The lowest BCUT2D eigenvalue weighted by atomic mass is 10.3. The maximum atomic E-state index is 5.84. The molecule has 0 spiro atoms. The van der Waals surface area contributed by atoms with Gasteiger partial charge in [-0.05, 0) is 18.6 Å². The molecule has 0 aliphatic carbocycles. The minimum Gasteiger partial charge on any atom is -0.327 e. The molecule has 14 heavy (non-hydrogen) atoms. The fourth-order valence-electron chi connectivity index (χ4n) is 0.960. The summed E-state index contributed by atoms with van der Waals surface area (Å²) in [5.74, 6) is 1.86. The predicted molar refractivity (Wildman–Crippen MR) is 63.7 cm³/mol. The Kier molecular flexibility index (Phi) is 5.30. The van der Waals surface area contributed by atoms with Crippen LogP contribution in [0.5, 0.6) is 0 Å². The summed E-state index contributed by atoms with van der Waals surface area (Å²) in [6, 6.07) is 3.97. The second kappa shape index (κ2) is 6.27. The molecule has 1 atom stereocenters. The van der Waals surface area contributed by atoms with Gasteiger partial charge < -0.3 is 5.73 Å². The first-order valence-electron chi connectivity index (χ1n) is 4.66. The Balaban J connectivity index is 2.31. The number of nitrogens with two attached hydrogens (primary N) is 1. The molecule has 1 rings (SSSR count). The quantitative estimate of drug-likeness (QED) is 0.846. The van der Waals surface area contributed by atoms with Crippen molar-refractivity contribution in [2.45, 2.75) is 25.1 Å². The minimum atomic E-state index is 0.291. The first-order valence-corrected chi connectivity index (χ1v) is 6.19. The van der Waals surface area contributed by atoms with E-state index in [0.29, 0.717) is 6.04 Å². The van der Waals surface area contributed by atoms with Crippen molar-refractivity contribution in [3.05, 3.63) is 29.0 Å². The van der Waals surface area contributed by atoms with Crippen LogP contribution in [0.2, 0.25) is 5.02 Å². The fourth-order valence-corrected chi connectivity index (χ4v) is 2.17. The van der Waals surface area contributed by atoms with Crippen LogP contribution in [0.25, 0.3) is 0 Å². The van der Waals surface area contributed by atoms with Crippen LogP contribution in [0.3, 0.4) is 0 Å². The Morgan fingerprint density at radius 1 is 1.64 bits per heavy atom. The van der Waals surface area contributed by atoms with Gasteiger partial charge in [-0.3, -0.25) is 4.98 Å². The van der Waals surface area contributed by atoms with Crippen molar-refractivity contribution >= 4 is 23.4 Å². The Bertz CT molecular complexity index is 281. The minimum absolute atomic E-state index is 0.291. The first-order chi connectivity index (χ1) is 6.72. The van der Waals surface area contributed by atoms with Crippen molar-refractivity contribution in [2.75, 3.05) is 5.75 Å². The van der Waals surface area contributed by atoms with E-state index in [2.05, 4.69) is 11.9 Å². The van der Waals surface area contributed by atoms with Gasteiger partial charge in [0.15, 0.2) is 0 Å². The molecule has 2 nitrogen and oxygen atoms in total. The number of aromatic nitrogens is 1. The molecule has 0 radical (unpaired) electrons. The van der Waals surface area contributed by atoms with Gasteiger partial charge in [0, 0.05) is 28.8 Å². The summed E-state index contributed by atoms with van der Waals surface area (Å²) in [4.78, 5) is 4.22. The molecular formula is C10H15ClN2S. The van der Waals surface area contributed by atoms with E-state index in [1.54, 1.807) is 24.0 Å². The molecule has 1 aromatic heterocycles. The summed E-state index contributed by atoms with van der Waals surface area (Å²) in [5.41, 5.74) is 6.82. The van der Waals surface area contributed by atoms with Crippen molar-refractivity contribution in [1.29, 1.82) is 0 Å². The standard InChI is InChI=1S/C10H15ClN2S/c1-2-9(12)6-14-7-10-5-8(11)3-4-13-10/h3-5,9H,2,6-7,12H2,1H3. The summed E-state index contributed by atoms with van der Waals surface area (Å²) in [6.45, 7) is 2.10. The van der Waals surface area contributed by atoms with Gasteiger partial charge >= 0.3 is 0 Å². The van der Waals surface area contributed by atoms with Crippen molar-refractivity contribution < 1.29 is 0 Å². The largest absolute Gasteiger partial charge is 0.327 e.